The Morgan fingerprint density at radius 3 is 2.40 bits per heavy atom. The molecule has 0 aromatic carbocycles. The van der Waals surface area contributed by atoms with Crippen LogP contribution in [0.1, 0.15) is 57.8 Å². The van der Waals surface area contributed by atoms with Crippen molar-refractivity contribution in [3.8, 4) is 0 Å². The van der Waals surface area contributed by atoms with Crippen molar-refractivity contribution >= 4 is 5.78 Å². The summed E-state index contributed by atoms with van der Waals surface area (Å²) in [5, 5.41) is 0. The van der Waals surface area contributed by atoms with Crippen LogP contribution in [0.5, 0.6) is 0 Å². The molecular formula is C17H30N2O. The first-order valence-corrected chi connectivity index (χ1v) is 8.84. The van der Waals surface area contributed by atoms with Crippen LogP contribution in [0.25, 0.3) is 0 Å². The van der Waals surface area contributed by atoms with Gasteiger partial charge >= 0.3 is 0 Å². The Balaban J connectivity index is 1.53. The second-order valence-corrected chi connectivity index (χ2v) is 6.97. The molecule has 3 fully saturated rings. The van der Waals surface area contributed by atoms with Crippen LogP contribution in [0.2, 0.25) is 0 Å². The third-order valence-electron chi connectivity index (χ3n) is 5.63. The largest absolute Gasteiger partial charge is 0.302 e. The van der Waals surface area contributed by atoms with Gasteiger partial charge in [-0.2, -0.15) is 0 Å². The number of rotatable bonds is 4. The summed E-state index contributed by atoms with van der Waals surface area (Å²) in [5.74, 6) is 0.927. The zero-order valence-corrected chi connectivity index (χ0v) is 12.9. The molecule has 0 aromatic rings. The molecule has 0 bridgehead atoms. The zero-order valence-electron chi connectivity index (χ0n) is 12.9. The highest BCUT2D eigenvalue weighted by molar-refractivity contribution is 5.83. The molecule has 1 saturated carbocycles. The maximum Gasteiger partial charge on any atom is 0.137 e. The zero-order chi connectivity index (χ0) is 13.8. The molecule has 1 aliphatic carbocycles. The van der Waals surface area contributed by atoms with Crippen LogP contribution in [0, 0.1) is 5.92 Å². The molecular weight excluding hydrogens is 248 g/mol. The Morgan fingerprint density at radius 1 is 0.850 bits per heavy atom. The summed E-state index contributed by atoms with van der Waals surface area (Å²) >= 11 is 0. The summed E-state index contributed by atoms with van der Waals surface area (Å²) < 4.78 is 0. The van der Waals surface area contributed by atoms with Crippen LogP contribution in [-0.2, 0) is 4.79 Å². The van der Waals surface area contributed by atoms with Crippen LogP contribution < -0.4 is 0 Å². The molecule has 3 rings (SSSR count). The molecule has 3 heteroatoms. The van der Waals surface area contributed by atoms with Gasteiger partial charge in [-0.05, 0) is 58.2 Å². The number of carbonyl (C=O) groups is 1. The minimum absolute atomic E-state index is 0.372. The topological polar surface area (TPSA) is 23.6 Å². The first-order valence-electron chi connectivity index (χ1n) is 8.84. The van der Waals surface area contributed by atoms with Gasteiger partial charge in [0.2, 0.25) is 0 Å². The molecule has 0 amide bonds. The fourth-order valence-corrected chi connectivity index (χ4v) is 4.45. The van der Waals surface area contributed by atoms with Gasteiger partial charge < -0.3 is 4.90 Å². The minimum atomic E-state index is 0.372. The smallest absolute Gasteiger partial charge is 0.137 e. The predicted octanol–water partition coefficient (Wildman–Crippen LogP) is 2.70. The second-order valence-electron chi connectivity index (χ2n) is 6.97. The summed E-state index contributed by atoms with van der Waals surface area (Å²) in [6, 6.07) is 0.573. The molecule has 3 nitrogen and oxygen atoms in total. The summed E-state index contributed by atoms with van der Waals surface area (Å²) in [7, 11) is 0. The maximum absolute atomic E-state index is 12.1. The van der Waals surface area contributed by atoms with E-state index in [-0.39, 0.29) is 0 Å². The number of hydrogen-bond acceptors (Lipinski definition) is 3. The van der Waals surface area contributed by atoms with Gasteiger partial charge in [0.1, 0.15) is 5.78 Å². The maximum atomic E-state index is 12.1. The van der Waals surface area contributed by atoms with Gasteiger partial charge in [0, 0.05) is 31.5 Å². The van der Waals surface area contributed by atoms with Crippen molar-refractivity contribution in [3.63, 3.8) is 0 Å². The van der Waals surface area contributed by atoms with E-state index in [0.717, 1.165) is 19.3 Å². The Kier molecular flexibility index (Phi) is 5.11. The van der Waals surface area contributed by atoms with Crippen molar-refractivity contribution in [1.29, 1.82) is 0 Å². The lowest BCUT2D eigenvalue weighted by atomic mass is 9.88. The Bertz CT molecular complexity index is 325. The predicted molar refractivity (Wildman–Crippen MR) is 81.9 cm³/mol. The third-order valence-corrected chi connectivity index (χ3v) is 5.63. The first kappa shape index (κ1) is 14.5. The van der Waals surface area contributed by atoms with E-state index in [1.807, 2.05) is 0 Å². The van der Waals surface area contributed by atoms with Crippen molar-refractivity contribution in [2.75, 3.05) is 32.7 Å². The number of likely N-dealkylation sites (tertiary alicyclic amines) is 2. The van der Waals surface area contributed by atoms with Gasteiger partial charge in [0.05, 0.1) is 0 Å². The van der Waals surface area contributed by atoms with Crippen LogP contribution in [-0.4, -0.2) is 54.3 Å². The normalized spacial score (nSPS) is 33.7. The highest BCUT2D eigenvalue weighted by Crippen LogP contribution is 2.32. The lowest BCUT2D eigenvalue weighted by molar-refractivity contribution is -0.123. The van der Waals surface area contributed by atoms with Gasteiger partial charge in [-0.1, -0.05) is 12.8 Å². The molecule has 3 aliphatic rings. The molecule has 0 radical (unpaired) electrons. The SMILES string of the molecule is O=C1CCCC1C1CCCCN1CCN1CCCCC1. The van der Waals surface area contributed by atoms with Crippen molar-refractivity contribution in [3.05, 3.63) is 0 Å². The average Bonchev–Trinajstić information content (AvgIpc) is 2.92. The highest BCUT2D eigenvalue weighted by atomic mass is 16.1. The van der Waals surface area contributed by atoms with E-state index in [1.165, 1.54) is 71.2 Å². The molecule has 0 spiro atoms. The number of nitrogens with zero attached hydrogens (tertiary/aromatic N) is 2. The van der Waals surface area contributed by atoms with E-state index in [2.05, 4.69) is 9.80 Å². The molecule has 2 heterocycles. The van der Waals surface area contributed by atoms with Crippen LogP contribution in [0.3, 0.4) is 0 Å². The van der Waals surface area contributed by atoms with Gasteiger partial charge in [0.15, 0.2) is 0 Å². The lowest BCUT2D eigenvalue weighted by Gasteiger charge is -2.40. The van der Waals surface area contributed by atoms with E-state index >= 15 is 0 Å². The molecule has 2 atom stereocenters. The molecule has 2 aliphatic heterocycles. The Hall–Kier alpha value is -0.410. The number of ketones is 1. The molecule has 0 N–H and O–H groups in total. The molecule has 20 heavy (non-hydrogen) atoms. The molecule has 2 saturated heterocycles. The molecule has 114 valence electrons. The van der Waals surface area contributed by atoms with Gasteiger partial charge in [0.25, 0.3) is 0 Å². The quantitative estimate of drug-likeness (QED) is 0.790. The second kappa shape index (κ2) is 7.04. The number of carbonyl (C=O) groups excluding carboxylic acids is 1. The van der Waals surface area contributed by atoms with E-state index in [9.17, 15) is 4.79 Å². The Labute approximate surface area is 123 Å². The van der Waals surface area contributed by atoms with Crippen LogP contribution in [0.15, 0.2) is 0 Å². The third kappa shape index (κ3) is 3.43. The summed E-state index contributed by atoms with van der Waals surface area (Å²) in [5.41, 5.74) is 0. The minimum Gasteiger partial charge on any atom is -0.302 e. The first-order chi connectivity index (χ1) is 9.84. The van der Waals surface area contributed by atoms with Crippen molar-refractivity contribution in [1.82, 2.24) is 9.80 Å². The summed E-state index contributed by atoms with van der Waals surface area (Å²) in [6.07, 6.45) is 11.2. The summed E-state index contributed by atoms with van der Waals surface area (Å²) in [6.45, 7) is 6.22. The monoisotopic (exact) mass is 278 g/mol. The van der Waals surface area contributed by atoms with Crippen molar-refractivity contribution in [2.24, 2.45) is 5.92 Å². The fourth-order valence-electron chi connectivity index (χ4n) is 4.45. The van der Waals surface area contributed by atoms with Gasteiger partial charge in [-0.3, -0.25) is 9.69 Å². The molecule has 2 unspecified atom stereocenters. The Morgan fingerprint density at radius 2 is 1.65 bits per heavy atom. The van der Waals surface area contributed by atoms with Crippen LogP contribution in [0.4, 0.5) is 0 Å². The number of Topliss-reactive ketones (excluding diaryl/α,β-unsaturated/α-hetero) is 1. The van der Waals surface area contributed by atoms with Crippen molar-refractivity contribution in [2.45, 2.75) is 63.8 Å². The van der Waals surface area contributed by atoms with E-state index in [0.29, 0.717) is 17.7 Å². The van der Waals surface area contributed by atoms with Gasteiger partial charge in [-0.25, -0.2) is 0 Å². The molecule has 0 aromatic heterocycles. The standard InChI is InChI=1S/C17H30N2O/c20-17-9-6-7-15(17)16-8-2-5-12-19(16)14-13-18-10-3-1-4-11-18/h15-16H,1-14H2. The number of piperidine rings is 2. The van der Waals surface area contributed by atoms with E-state index in [1.54, 1.807) is 0 Å². The number of hydrogen-bond donors (Lipinski definition) is 0. The highest BCUT2D eigenvalue weighted by Gasteiger charge is 2.36. The fraction of sp³-hybridized carbons (Fsp3) is 0.941. The summed E-state index contributed by atoms with van der Waals surface area (Å²) in [4.78, 5) is 17.4. The van der Waals surface area contributed by atoms with Crippen molar-refractivity contribution < 1.29 is 4.79 Å². The van der Waals surface area contributed by atoms with E-state index in [4.69, 9.17) is 0 Å². The lowest BCUT2D eigenvalue weighted by Crippen LogP contribution is -2.48. The van der Waals surface area contributed by atoms with Crippen LogP contribution >= 0.6 is 0 Å². The van der Waals surface area contributed by atoms with E-state index < -0.39 is 0 Å². The average molecular weight is 278 g/mol. The van der Waals surface area contributed by atoms with Gasteiger partial charge in [-0.15, -0.1) is 0 Å².